The van der Waals surface area contributed by atoms with Gasteiger partial charge in [-0.25, -0.2) is 0 Å². The number of nitrogens with two attached hydrogens (primary N) is 1. The number of hydrogen-bond acceptors (Lipinski definition) is 4. The lowest BCUT2D eigenvalue weighted by Crippen LogP contribution is -2.28. The minimum absolute atomic E-state index is 0.00102. The molecule has 0 aliphatic heterocycles. The second kappa shape index (κ2) is 6.09. The third-order valence-electron chi connectivity index (χ3n) is 3.23. The molecule has 0 saturated heterocycles. The summed E-state index contributed by atoms with van der Waals surface area (Å²) < 4.78 is 0. The molecule has 5 nitrogen and oxygen atoms in total. The topological polar surface area (TPSA) is 83.8 Å². The maximum absolute atomic E-state index is 12.3. The largest absolute Gasteiger partial charge is 0.395 e. The number of H-pyrrole nitrogens is 1. The number of nitrogens with zero attached hydrogens (tertiary/aromatic N) is 1. The predicted molar refractivity (Wildman–Crippen MR) is 81.9 cm³/mol. The summed E-state index contributed by atoms with van der Waals surface area (Å²) in [6.07, 6.45) is 0.827. The molecule has 2 heterocycles. The molecule has 4 N–H and O–H groups in total. The van der Waals surface area contributed by atoms with Crippen molar-refractivity contribution in [2.24, 2.45) is 0 Å². The van der Waals surface area contributed by atoms with Crippen LogP contribution in [0.25, 0.3) is 0 Å². The van der Waals surface area contributed by atoms with E-state index in [4.69, 9.17) is 5.73 Å². The summed E-state index contributed by atoms with van der Waals surface area (Å²) in [6.45, 7) is 6.05. The fourth-order valence-electron chi connectivity index (χ4n) is 2.07. The maximum Gasteiger partial charge on any atom is 0.274 e. The SMILES string of the molecule is CCC(NC(=O)c1n[nH]c(C(C)C)c1N)c1cccs1. The van der Waals surface area contributed by atoms with E-state index < -0.39 is 0 Å². The summed E-state index contributed by atoms with van der Waals surface area (Å²) in [5.41, 5.74) is 7.52. The molecule has 0 aliphatic rings. The highest BCUT2D eigenvalue weighted by atomic mass is 32.1. The first-order valence-electron chi connectivity index (χ1n) is 6.72. The molecule has 1 amide bonds. The molecule has 6 heteroatoms. The van der Waals surface area contributed by atoms with Gasteiger partial charge in [0.1, 0.15) is 0 Å². The fraction of sp³-hybridized carbons (Fsp3) is 0.429. The summed E-state index contributed by atoms with van der Waals surface area (Å²) in [5.74, 6) is -0.0192. The number of aromatic nitrogens is 2. The van der Waals surface area contributed by atoms with Crippen LogP contribution in [-0.4, -0.2) is 16.1 Å². The number of thiophene rings is 1. The summed E-state index contributed by atoms with van der Waals surface area (Å²) in [6, 6.07) is 4.00. The van der Waals surface area contributed by atoms with Crippen molar-refractivity contribution in [2.75, 3.05) is 5.73 Å². The number of hydrogen-bond donors (Lipinski definition) is 3. The number of anilines is 1. The number of nitrogen functional groups attached to an aromatic ring is 1. The van der Waals surface area contributed by atoms with Gasteiger partial charge < -0.3 is 11.1 Å². The van der Waals surface area contributed by atoms with E-state index in [2.05, 4.69) is 15.5 Å². The van der Waals surface area contributed by atoms with E-state index in [1.807, 2.05) is 38.3 Å². The Morgan fingerprint density at radius 3 is 2.80 bits per heavy atom. The molecule has 20 heavy (non-hydrogen) atoms. The molecule has 0 radical (unpaired) electrons. The molecule has 0 aliphatic carbocycles. The Balaban J connectivity index is 2.16. The van der Waals surface area contributed by atoms with Crippen LogP contribution < -0.4 is 11.1 Å². The minimum atomic E-state index is -0.231. The van der Waals surface area contributed by atoms with Gasteiger partial charge in [0.05, 0.1) is 17.4 Å². The summed E-state index contributed by atoms with van der Waals surface area (Å²) >= 11 is 1.63. The fourth-order valence-corrected chi connectivity index (χ4v) is 2.93. The van der Waals surface area contributed by atoms with Gasteiger partial charge in [0, 0.05) is 4.88 Å². The Kier molecular flexibility index (Phi) is 4.44. The zero-order chi connectivity index (χ0) is 14.7. The summed E-state index contributed by atoms with van der Waals surface area (Å²) in [5, 5.41) is 11.9. The number of aromatic amines is 1. The first kappa shape index (κ1) is 14.6. The molecule has 2 rings (SSSR count). The third kappa shape index (κ3) is 2.85. The van der Waals surface area contributed by atoms with Gasteiger partial charge in [-0.3, -0.25) is 9.89 Å². The van der Waals surface area contributed by atoms with Crippen LogP contribution in [0.15, 0.2) is 17.5 Å². The first-order valence-corrected chi connectivity index (χ1v) is 7.60. The molecule has 0 saturated carbocycles. The van der Waals surface area contributed by atoms with Gasteiger partial charge in [0.15, 0.2) is 5.69 Å². The highest BCUT2D eigenvalue weighted by Gasteiger charge is 2.21. The highest BCUT2D eigenvalue weighted by Crippen LogP contribution is 2.25. The van der Waals surface area contributed by atoms with Gasteiger partial charge in [0.25, 0.3) is 5.91 Å². The van der Waals surface area contributed by atoms with Crippen molar-refractivity contribution in [2.45, 2.75) is 39.2 Å². The zero-order valence-corrected chi connectivity index (χ0v) is 12.8. The molecule has 0 spiro atoms. The molecule has 0 aromatic carbocycles. The summed E-state index contributed by atoms with van der Waals surface area (Å²) in [7, 11) is 0. The van der Waals surface area contributed by atoms with Crippen LogP contribution in [0.2, 0.25) is 0 Å². The molecule has 0 fully saturated rings. The number of amides is 1. The van der Waals surface area contributed by atoms with Gasteiger partial charge >= 0.3 is 0 Å². The maximum atomic E-state index is 12.3. The molecule has 2 aromatic heterocycles. The van der Waals surface area contributed by atoms with Crippen LogP contribution >= 0.6 is 11.3 Å². The zero-order valence-electron chi connectivity index (χ0n) is 11.9. The monoisotopic (exact) mass is 292 g/mol. The standard InChI is InChI=1S/C14H20N4OS/c1-4-9(10-6-5-7-20-10)16-14(19)13-11(15)12(8(2)3)17-18-13/h5-9H,4,15H2,1-3H3,(H,16,19)(H,17,18). The van der Waals surface area contributed by atoms with E-state index in [1.54, 1.807) is 11.3 Å². The Morgan fingerprint density at radius 2 is 2.30 bits per heavy atom. The van der Waals surface area contributed by atoms with E-state index in [9.17, 15) is 4.79 Å². The van der Waals surface area contributed by atoms with Gasteiger partial charge in [-0.05, 0) is 23.8 Å². The molecule has 2 aromatic rings. The van der Waals surface area contributed by atoms with Gasteiger partial charge in [-0.2, -0.15) is 5.10 Å². The van der Waals surface area contributed by atoms with Crippen molar-refractivity contribution in [1.29, 1.82) is 0 Å². The van der Waals surface area contributed by atoms with Crippen molar-refractivity contribution in [3.63, 3.8) is 0 Å². The summed E-state index contributed by atoms with van der Waals surface area (Å²) in [4.78, 5) is 13.4. The van der Waals surface area contributed by atoms with Crippen molar-refractivity contribution in [3.05, 3.63) is 33.8 Å². The van der Waals surface area contributed by atoms with Crippen molar-refractivity contribution in [1.82, 2.24) is 15.5 Å². The minimum Gasteiger partial charge on any atom is -0.395 e. The Bertz CT molecular complexity index is 574. The normalized spacial score (nSPS) is 12.6. The average Bonchev–Trinajstić information content (AvgIpc) is 3.04. The van der Waals surface area contributed by atoms with Crippen molar-refractivity contribution >= 4 is 22.9 Å². The smallest absolute Gasteiger partial charge is 0.274 e. The molecular weight excluding hydrogens is 272 g/mol. The van der Waals surface area contributed by atoms with Crippen LogP contribution in [0.3, 0.4) is 0 Å². The van der Waals surface area contributed by atoms with E-state index in [-0.39, 0.29) is 23.6 Å². The van der Waals surface area contributed by atoms with Crippen molar-refractivity contribution in [3.8, 4) is 0 Å². The van der Waals surface area contributed by atoms with Gasteiger partial charge in [-0.1, -0.05) is 26.8 Å². The van der Waals surface area contributed by atoms with Crippen LogP contribution in [0.1, 0.15) is 60.2 Å². The van der Waals surface area contributed by atoms with Crippen LogP contribution in [0, 0.1) is 0 Å². The van der Waals surface area contributed by atoms with Gasteiger partial charge in [-0.15, -0.1) is 11.3 Å². The van der Waals surface area contributed by atoms with E-state index in [0.717, 1.165) is 17.0 Å². The average molecular weight is 292 g/mol. The van der Waals surface area contributed by atoms with Crippen LogP contribution in [-0.2, 0) is 0 Å². The quantitative estimate of drug-likeness (QED) is 0.792. The molecule has 1 atom stereocenters. The molecule has 0 bridgehead atoms. The lowest BCUT2D eigenvalue weighted by Gasteiger charge is -2.14. The van der Waals surface area contributed by atoms with Crippen molar-refractivity contribution < 1.29 is 4.79 Å². The number of nitrogens with one attached hydrogen (secondary N) is 2. The Morgan fingerprint density at radius 1 is 1.55 bits per heavy atom. The molecule has 108 valence electrons. The first-order chi connectivity index (χ1) is 9.54. The number of rotatable bonds is 5. The molecule has 1 unspecified atom stereocenters. The number of carbonyl (C=O) groups is 1. The second-order valence-corrected chi connectivity index (χ2v) is 5.98. The second-order valence-electron chi connectivity index (χ2n) is 5.00. The lowest BCUT2D eigenvalue weighted by atomic mass is 10.1. The third-order valence-corrected chi connectivity index (χ3v) is 4.21. The molecular formula is C14H20N4OS. The number of carbonyl (C=O) groups excluding carboxylic acids is 1. The lowest BCUT2D eigenvalue weighted by molar-refractivity contribution is 0.0932. The van der Waals surface area contributed by atoms with Gasteiger partial charge in [0.2, 0.25) is 0 Å². The Labute approximate surface area is 122 Å². The van der Waals surface area contributed by atoms with E-state index >= 15 is 0 Å². The highest BCUT2D eigenvalue weighted by molar-refractivity contribution is 7.10. The predicted octanol–water partition coefficient (Wildman–Crippen LogP) is 3.06. The van der Waals surface area contributed by atoms with E-state index in [1.165, 1.54) is 0 Å². The Hall–Kier alpha value is -1.82. The van der Waals surface area contributed by atoms with E-state index in [0.29, 0.717) is 5.69 Å². The van der Waals surface area contributed by atoms with Crippen LogP contribution in [0.4, 0.5) is 5.69 Å². The van der Waals surface area contributed by atoms with Crippen LogP contribution in [0.5, 0.6) is 0 Å².